The molecule has 1 spiro atoms. The summed E-state index contributed by atoms with van der Waals surface area (Å²) < 4.78 is 22.9. The summed E-state index contributed by atoms with van der Waals surface area (Å²) in [4.78, 5) is 4.66. The van der Waals surface area contributed by atoms with Gasteiger partial charge in [0.05, 0.1) is 32.5 Å². The van der Waals surface area contributed by atoms with E-state index in [1.807, 2.05) is 12.1 Å². The van der Waals surface area contributed by atoms with Crippen molar-refractivity contribution in [3.05, 3.63) is 23.8 Å². The standard InChI is InChI=1S/C22H35N3O5.2ClH/c1-27-21-12-18(13-25-8-11-30-22(17-25)4-5-23-16-22)2-3-20(21)29-15-19(26)14-24-6-9-28-10-7-24;;/h2-3,12,19,23,26H,4-11,13-17H2,1H3;2*1H. The number of benzene rings is 1. The van der Waals surface area contributed by atoms with Gasteiger partial charge in [0.15, 0.2) is 11.5 Å². The Bertz CT molecular complexity index is 688. The van der Waals surface area contributed by atoms with E-state index >= 15 is 0 Å². The molecule has 4 rings (SSSR count). The molecule has 0 radical (unpaired) electrons. The molecule has 2 N–H and O–H groups in total. The summed E-state index contributed by atoms with van der Waals surface area (Å²) in [5.41, 5.74) is 1.17. The van der Waals surface area contributed by atoms with E-state index in [1.54, 1.807) is 7.11 Å². The highest BCUT2D eigenvalue weighted by Gasteiger charge is 2.39. The second-order valence-electron chi connectivity index (χ2n) is 8.53. The van der Waals surface area contributed by atoms with Crippen LogP contribution in [0.4, 0.5) is 0 Å². The Hall–Kier alpha value is -0.840. The van der Waals surface area contributed by atoms with Crippen LogP contribution in [-0.4, -0.2) is 106 Å². The topological polar surface area (TPSA) is 75.7 Å². The minimum atomic E-state index is -0.544. The monoisotopic (exact) mass is 493 g/mol. The van der Waals surface area contributed by atoms with Gasteiger partial charge in [0.1, 0.15) is 12.7 Å². The molecule has 184 valence electrons. The predicted octanol–water partition coefficient (Wildman–Crippen LogP) is 1.17. The van der Waals surface area contributed by atoms with Gasteiger partial charge in [0.2, 0.25) is 0 Å². The number of nitrogens with zero attached hydrogens (tertiary/aromatic N) is 2. The number of rotatable bonds is 8. The van der Waals surface area contributed by atoms with E-state index in [-0.39, 0.29) is 37.0 Å². The second-order valence-corrected chi connectivity index (χ2v) is 8.53. The number of halogens is 2. The van der Waals surface area contributed by atoms with Gasteiger partial charge in [-0.3, -0.25) is 9.80 Å². The van der Waals surface area contributed by atoms with Gasteiger partial charge in [0.25, 0.3) is 0 Å². The van der Waals surface area contributed by atoms with Crippen LogP contribution in [0.1, 0.15) is 12.0 Å². The van der Waals surface area contributed by atoms with Crippen molar-refractivity contribution in [3.63, 3.8) is 0 Å². The number of aliphatic hydroxyl groups is 1. The fourth-order valence-corrected chi connectivity index (χ4v) is 4.55. The Morgan fingerprint density at radius 1 is 1.12 bits per heavy atom. The number of methoxy groups -OCH3 is 1. The molecule has 3 heterocycles. The van der Waals surface area contributed by atoms with Gasteiger partial charge in [-0.15, -0.1) is 24.8 Å². The molecule has 1 aromatic carbocycles. The molecular formula is C22H37Cl2N3O5. The molecule has 0 saturated carbocycles. The Labute approximate surface area is 203 Å². The van der Waals surface area contributed by atoms with Crippen molar-refractivity contribution in [2.45, 2.75) is 24.7 Å². The Balaban J connectivity index is 0.00000181. The average molecular weight is 494 g/mol. The number of morpholine rings is 2. The minimum absolute atomic E-state index is 0. The summed E-state index contributed by atoms with van der Waals surface area (Å²) in [6.07, 6.45) is 0.531. The van der Waals surface area contributed by atoms with Crippen LogP contribution < -0.4 is 14.8 Å². The SMILES string of the molecule is COc1cc(CN2CCOC3(CCNC3)C2)ccc1OCC(O)CN1CCOCC1.Cl.Cl. The lowest BCUT2D eigenvalue weighted by Gasteiger charge is -2.40. The summed E-state index contributed by atoms with van der Waals surface area (Å²) in [6.45, 7) is 9.50. The third-order valence-corrected chi connectivity index (χ3v) is 6.17. The minimum Gasteiger partial charge on any atom is -0.493 e. The number of β-amino-alcohol motifs (C(OH)–C–C–N with tert-alkyl or cyclic N) is 1. The quantitative estimate of drug-likeness (QED) is 0.558. The largest absolute Gasteiger partial charge is 0.493 e. The van der Waals surface area contributed by atoms with Crippen LogP contribution in [0.2, 0.25) is 0 Å². The zero-order chi connectivity index (χ0) is 20.8. The van der Waals surface area contributed by atoms with E-state index < -0.39 is 6.10 Å². The molecule has 32 heavy (non-hydrogen) atoms. The molecule has 0 aliphatic carbocycles. The molecular weight excluding hydrogens is 457 g/mol. The average Bonchev–Trinajstić information content (AvgIpc) is 3.20. The zero-order valence-corrected chi connectivity index (χ0v) is 20.4. The fourth-order valence-electron chi connectivity index (χ4n) is 4.55. The van der Waals surface area contributed by atoms with Crippen molar-refractivity contribution in [2.24, 2.45) is 0 Å². The lowest BCUT2D eigenvalue weighted by atomic mass is 10.00. The molecule has 0 amide bonds. The van der Waals surface area contributed by atoms with Crippen molar-refractivity contribution in [3.8, 4) is 11.5 Å². The maximum Gasteiger partial charge on any atom is 0.161 e. The fraction of sp³-hybridized carbons (Fsp3) is 0.727. The van der Waals surface area contributed by atoms with Gasteiger partial charge < -0.3 is 29.4 Å². The van der Waals surface area contributed by atoms with Crippen molar-refractivity contribution in [2.75, 3.05) is 79.4 Å². The maximum absolute atomic E-state index is 10.3. The third-order valence-electron chi connectivity index (χ3n) is 6.17. The van der Waals surface area contributed by atoms with Gasteiger partial charge in [-0.25, -0.2) is 0 Å². The van der Waals surface area contributed by atoms with Crippen LogP contribution >= 0.6 is 24.8 Å². The number of aliphatic hydroxyl groups excluding tert-OH is 1. The summed E-state index contributed by atoms with van der Waals surface area (Å²) in [6, 6.07) is 6.07. The summed E-state index contributed by atoms with van der Waals surface area (Å²) in [7, 11) is 1.66. The number of nitrogens with one attached hydrogen (secondary N) is 1. The van der Waals surface area contributed by atoms with Crippen molar-refractivity contribution in [1.82, 2.24) is 15.1 Å². The highest BCUT2D eigenvalue weighted by molar-refractivity contribution is 5.85. The molecule has 2 unspecified atom stereocenters. The van der Waals surface area contributed by atoms with Crippen LogP contribution in [0, 0.1) is 0 Å². The number of hydrogen-bond donors (Lipinski definition) is 2. The Kier molecular flexibility index (Phi) is 11.3. The number of hydrogen-bond acceptors (Lipinski definition) is 8. The Morgan fingerprint density at radius 3 is 2.62 bits per heavy atom. The van der Waals surface area contributed by atoms with Crippen molar-refractivity contribution >= 4 is 24.8 Å². The lowest BCUT2D eigenvalue weighted by Crippen LogP contribution is -2.52. The van der Waals surface area contributed by atoms with E-state index in [1.165, 1.54) is 5.56 Å². The van der Waals surface area contributed by atoms with Gasteiger partial charge in [-0.05, 0) is 30.7 Å². The highest BCUT2D eigenvalue weighted by atomic mass is 35.5. The predicted molar refractivity (Wildman–Crippen MR) is 128 cm³/mol. The highest BCUT2D eigenvalue weighted by Crippen LogP contribution is 2.30. The van der Waals surface area contributed by atoms with E-state index in [9.17, 15) is 5.11 Å². The van der Waals surface area contributed by atoms with E-state index in [0.717, 1.165) is 72.1 Å². The molecule has 3 saturated heterocycles. The lowest BCUT2D eigenvalue weighted by molar-refractivity contribution is -0.0984. The summed E-state index contributed by atoms with van der Waals surface area (Å²) in [5, 5.41) is 13.8. The first-order chi connectivity index (χ1) is 14.7. The first-order valence-electron chi connectivity index (χ1n) is 11.0. The molecule has 10 heteroatoms. The summed E-state index contributed by atoms with van der Waals surface area (Å²) in [5.74, 6) is 1.37. The van der Waals surface area contributed by atoms with Crippen LogP contribution in [0.3, 0.4) is 0 Å². The summed E-state index contributed by atoms with van der Waals surface area (Å²) >= 11 is 0. The van der Waals surface area contributed by atoms with Crippen LogP contribution in [0.5, 0.6) is 11.5 Å². The Morgan fingerprint density at radius 2 is 1.91 bits per heavy atom. The third kappa shape index (κ3) is 7.33. The molecule has 2 atom stereocenters. The van der Waals surface area contributed by atoms with E-state index in [2.05, 4.69) is 21.2 Å². The van der Waals surface area contributed by atoms with Crippen LogP contribution in [-0.2, 0) is 16.0 Å². The molecule has 0 bridgehead atoms. The molecule has 3 aliphatic rings. The molecule has 3 fully saturated rings. The second kappa shape index (κ2) is 13.2. The smallest absolute Gasteiger partial charge is 0.161 e. The zero-order valence-electron chi connectivity index (χ0n) is 18.8. The normalized spacial score (nSPS) is 25.1. The van der Waals surface area contributed by atoms with Crippen molar-refractivity contribution in [1.29, 1.82) is 0 Å². The van der Waals surface area contributed by atoms with Gasteiger partial charge in [-0.1, -0.05) is 6.07 Å². The van der Waals surface area contributed by atoms with Crippen molar-refractivity contribution < 1.29 is 24.1 Å². The van der Waals surface area contributed by atoms with E-state index in [0.29, 0.717) is 18.0 Å². The first kappa shape index (κ1) is 27.4. The van der Waals surface area contributed by atoms with Gasteiger partial charge >= 0.3 is 0 Å². The van der Waals surface area contributed by atoms with E-state index in [4.69, 9.17) is 18.9 Å². The molecule has 0 aromatic heterocycles. The van der Waals surface area contributed by atoms with Gasteiger partial charge in [-0.2, -0.15) is 0 Å². The van der Waals surface area contributed by atoms with Crippen LogP contribution in [0.25, 0.3) is 0 Å². The van der Waals surface area contributed by atoms with Crippen LogP contribution in [0.15, 0.2) is 18.2 Å². The molecule has 1 aromatic rings. The molecule has 3 aliphatic heterocycles. The first-order valence-corrected chi connectivity index (χ1v) is 11.0. The number of ether oxygens (including phenoxy) is 4. The molecule has 8 nitrogen and oxygen atoms in total. The van der Waals surface area contributed by atoms with Gasteiger partial charge in [0, 0.05) is 45.8 Å². The maximum atomic E-state index is 10.3.